The third-order valence-corrected chi connectivity index (χ3v) is 3.85. The van der Waals surface area contributed by atoms with E-state index in [1.807, 2.05) is 6.07 Å². The molecule has 0 fully saturated rings. The van der Waals surface area contributed by atoms with Gasteiger partial charge in [-0.15, -0.1) is 0 Å². The zero-order chi connectivity index (χ0) is 16.2. The smallest absolute Gasteiger partial charge is 0.324 e. The number of aromatic nitrogens is 3. The third-order valence-electron chi connectivity index (χ3n) is 3.85. The van der Waals surface area contributed by atoms with Crippen molar-refractivity contribution in [2.45, 2.75) is 38.8 Å². The fourth-order valence-electron chi connectivity index (χ4n) is 2.73. The molecular weight excluding hydrogens is 294 g/mol. The lowest BCUT2D eigenvalue weighted by molar-refractivity contribution is -0.117. The van der Waals surface area contributed by atoms with Crippen LogP contribution in [0.4, 0.5) is 5.69 Å². The molecule has 1 aliphatic heterocycles. The second kappa shape index (κ2) is 6.48. The van der Waals surface area contributed by atoms with Gasteiger partial charge >= 0.3 is 5.69 Å². The maximum atomic E-state index is 12.3. The van der Waals surface area contributed by atoms with Crippen molar-refractivity contribution in [3.8, 4) is 6.07 Å². The van der Waals surface area contributed by atoms with Crippen molar-refractivity contribution < 1.29 is 4.79 Å². The minimum absolute atomic E-state index is 0.129. The number of aryl methyl sites for hydroxylation is 1. The van der Waals surface area contributed by atoms with E-state index in [9.17, 15) is 9.59 Å². The molecule has 118 valence electrons. The number of nitrogens with one attached hydrogen (secondary N) is 1. The Morgan fingerprint density at radius 3 is 3.04 bits per heavy atom. The number of rotatable bonds is 3. The van der Waals surface area contributed by atoms with E-state index in [0.29, 0.717) is 17.8 Å². The van der Waals surface area contributed by atoms with Gasteiger partial charge in [-0.1, -0.05) is 12.5 Å². The topological polar surface area (TPSA) is 92.7 Å². The first-order valence-electron chi connectivity index (χ1n) is 7.64. The summed E-state index contributed by atoms with van der Waals surface area (Å²) in [5, 5.41) is 15.8. The first-order chi connectivity index (χ1) is 11.2. The molecule has 0 aliphatic carbocycles. The van der Waals surface area contributed by atoms with Crippen LogP contribution in [0.3, 0.4) is 0 Å². The van der Waals surface area contributed by atoms with E-state index >= 15 is 0 Å². The van der Waals surface area contributed by atoms with Crippen LogP contribution in [0.25, 0.3) is 0 Å². The molecule has 1 aromatic carbocycles. The molecule has 1 aliphatic rings. The Bertz CT molecular complexity index is 828. The van der Waals surface area contributed by atoms with Gasteiger partial charge in [-0.05, 0) is 31.0 Å². The van der Waals surface area contributed by atoms with Gasteiger partial charge in [-0.25, -0.2) is 9.48 Å². The molecule has 0 spiro atoms. The van der Waals surface area contributed by atoms with Crippen LogP contribution < -0.4 is 11.0 Å². The minimum Gasteiger partial charge on any atom is -0.324 e. The van der Waals surface area contributed by atoms with E-state index < -0.39 is 0 Å². The maximum absolute atomic E-state index is 12.3. The quantitative estimate of drug-likeness (QED) is 0.924. The highest BCUT2D eigenvalue weighted by atomic mass is 16.2. The number of fused-ring (bicyclic) bond motifs is 1. The van der Waals surface area contributed by atoms with Gasteiger partial charge in [0.05, 0.1) is 11.6 Å². The lowest BCUT2D eigenvalue weighted by atomic mass is 10.2. The first kappa shape index (κ1) is 15.0. The van der Waals surface area contributed by atoms with Crippen LogP contribution in [0.15, 0.2) is 29.1 Å². The van der Waals surface area contributed by atoms with Gasteiger partial charge in [-0.2, -0.15) is 10.4 Å². The van der Waals surface area contributed by atoms with Crippen molar-refractivity contribution in [2.24, 2.45) is 0 Å². The van der Waals surface area contributed by atoms with E-state index in [4.69, 9.17) is 5.26 Å². The number of carbonyl (C=O) groups is 1. The second-order valence-corrected chi connectivity index (χ2v) is 5.56. The van der Waals surface area contributed by atoms with Gasteiger partial charge in [0.25, 0.3) is 0 Å². The Balaban J connectivity index is 1.73. The van der Waals surface area contributed by atoms with E-state index in [-0.39, 0.29) is 18.1 Å². The summed E-state index contributed by atoms with van der Waals surface area (Å²) in [6, 6.07) is 8.65. The fraction of sp³-hybridized carbons (Fsp3) is 0.375. The summed E-state index contributed by atoms with van der Waals surface area (Å²) >= 11 is 0. The molecule has 1 aromatic heterocycles. The number of carbonyl (C=O) groups excluding carboxylic acids is 1. The fourth-order valence-corrected chi connectivity index (χ4v) is 2.73. The molecular formula is C16H17N5O2. The van der Waals surface area contributed by atoms with Crippen molar-refractivity contribution in [2.75, 3.05) is 5.32 Å². The molecule has 3 rings (SSSR count). The highest BCUT2D eigenvalue weighted by Gasteiger charge is 2.17. The van der Waals surface area contributed by atoms with E-state index in [1.165, 1.54) is 4.68 Å². The van der Waals surface area contributed by atoms with Gasteiger partial charge in [0.2, 0.25) is 5.91 Å². The van der Waals surface area contributed by atoms with Crippen LogP contribution in [-0.2, 0) is 24.3 Å². The van der Waals surface area contributed by atoms with E-state index in [2.05, 4.69) is 10.4 Å². The lowest BCUT2D eigenvalue weighted by Crippen LogP contribution is -2.30. The van der Waals surface area contributed by atoms with Crippen LogP contribution in [0.1, 0.15) is 30.7 Å². The Morgan fingerprint density at radius 2 is 2.22 bits per heavy atom. The predicted octanol–water partition coefficient (Wildman–Crippen LogP) is 1.28. The zero-order valence-electron chi connectivity index (χ0n) is 12.7. The van der Waals surface area contributed by atoms with Crippen LogP contribution in [0.5, 0.6) is 0 Å². The molecule has 0 saturated carbocycles. The molecule has 1 N–H and O–H groups in total. The normalized spacial score (nSPS) is 13.7. The number of amides is 1. The molecule has 1 amide bonds. The third kappa shape index (κ3) is 3.31. The number of nitrogens with zero attached hydrogens (tertiary/aromatic N) is 4. The standard InChI is InChI=1S/C16H17N5O2/c17-10-12-5-4-6-13(9-12)18-15(22)11-21-16(23)20-8-3-1-2-7-14(20)19-21/h4-6,9H,1-3,7-8,11H2,(H,18,22). The largest absolute Gasteiger partial charge is 0.346 e. The first-order valence-corrected chi connectivity index (χ1v) is 7.64. The summed E-state index contributed by atoms with van der Waals surface area (Å²) in [6.45, 7) is 0.537. The summed E-state index contributed by atoms with van der Waals surface area (Å²) < 4.78 is 2.88. The summed E-state index contributed by atoms with van der Waals surface area (Å²) in [6.07, 6.45) is 3.85. The van der Waals surface area contributed by atoms with E-state index in [1.54, 1.807) is 28.8 Å². The monoisotopic (exact) mass is 311 g/mol. The molecule has 0 bridgehead atoms. The SMILES string of the molecule is N#Cc1cccc(NC(=O)Cn2nc3n(c2=O)CCCCC3)c1. The molecule has 0 unspecified atom stereocenters. The second-order valence-electron chi connectivity index (χ2n) is 5.56. The number of hydrogen-bond donors (Lipinski definition) is 1. The van der Waals surface area contributed by atoms with Crippen molar-refractivity contribution in [3.05, 3.63) is 46.1 Å². The van der Waals surface area contributed by atoms with Crippen molar-refractivity contribution in [3.63, 3.8) is 0 Å². The van der Waals surface area contributed by atoms with Gasteiger partial charge in [0.1, 0.15) is 12.4 Å². The average molecular weight is 311 g/mol. The molecule has 0 saturated heterocycles. The Kier molecular flexibility index (Phi) is 4.24. The molecule has 2 aromatic rings. The van der Waals surface area contributed by atoms with Crippen LogP contribution in [0.2, 0.25) is 0 Å². The van der Waals surface area contributed by atoms with Gasteiger partial charge in [0, 0.05) is 18.7 Å². The summed E-state index contributed by atoms with van der Waals surface area (Å²) in [4.78, 5) is 24.4. The summed E-state index contributed by atoms with van der Waals surface area (Å²) in [5.41, 5.74) is 0.763. The highest BCUT2D eigenvalue weighted by Crippen LogP contribution is 2.11. The number of nitriles is 1. The van der Waals surface area contributed by atoms with Gasteiger partial charge in [0.15, 0.2) is 0 Å². The molecule has 0 radical (unpaired) electrons. The van der Waals surface area contributed by atoms with Crippen LogP contribution in [-0.4, -0.2) is 20.3 Å². The molecule has 7 nitrogen and oxygen atoms in total. The van der Waals surface area contributed by atoms with Crippen LogP contribution >= 0.6 is 0 Å². The molecule has 2 heterocycles. The van der Waals surface area contributed by atoms with Crippen molar-refractivity contribution >= 4 is 11.6 Å². The number of benzene rings is 1. The summed E-state index contributed by atoms with van der Waals surface area (Å²) in [7, 11) is 0. The molecule has 23 heavy (non-hydrogen) atoms. The Hall–Kier alpha value is -2.88. The zero-order valence-corrected chi connectivity index (χ0v) is 12.7. The summed E-state index contributed by atoms with van der Waals surface area (Å²) in [5.74, 6) is 0.419. The molecule has 0 atom stereocenters. The lowest BCUT2D eigenvalue weighted by Gasteiger charge is -2.05. The Morgan fingerprint density at radius 1 is 1.35 bits per heavy atom. The number of anilines is 1. The Labute approximate surface area is 133 Å². The maximum Gasteiger partial charge on any atom is 0.346 e. The average Bonchev–Trinajstić information content (AvgIpc) is 2.73. The highest BCUT2D eigenvalue weighted by molar-refractivity contribution is 5.90. The van der Waals surface area contributed by atoms with E-state index in [0.717, 1.165) is 31.5 Å². The van der Waals surface area contributed by atoms with Crippen LogP contribution in [0, 0.1) is 11.3 Å². The van der Waals surface area contributed by atoms with Gasteiger partial charge < -0.3 is 5.32 Å². The number of hydrogen-bond acceptors (Lipinski definition) is 4. The van der Waals surface area contributed by atoms with Crippen molar-refractivity contribution in [1.82, 2.24) is 14.3 Å². The minimum atomic E-state index is -0.338. The molecule has 7 heteroatoms. The predicted molar refractivity (Wildman–Crippen MR) is 83.8 cm³/mol. The van der Waals surface area contributed by atoms with Crippen molar-refractivity contribution in [1.29, 1.82) is 5.26 Å². The van der Waals surface area contributed by atoms with Gasteiger partial charge in [-0.3, -0.25) is 9.36 Å².